The molecule has 4 nitrogen and oxygen atoms in total. The van der Waals surface area contributed by atoms with E-state index in [9.17, 15) is 18.4 Å². The van der Waals surface area contributed by atoms with Crippen LogP contribution in [0.2, 0.25) is 0 Å². The summed E-state index contributed by atoms with van der Waals surface area (Å²) in [6.45, 7) is 0.823. The molecule has 1 N–H and O–H groups in total. The van der Waals surface area contributed by atoms with Gasteiger partial charge in [-0.15, -0.1) is 0 Å². The van der Waals surface area contributed by atoms with Gasteiger partial charge in [-0.2, -0.15) is 0 Å². The normalized spacial score (nSPS) is 17.0. The zero-order valence-corrected chi connectivity index (χ0v) is 14.3. The van der Waals surface area contributed by atoms with E-state index in [-0.39, 0.29) is 36.3 Å². The Labute approximate surface area is 150 Å². The largest absolute Gasteiger partial charge is 0.352 e. The third-order valence-electron chi connectivity index (χ3n) is 4.59. The first-order valence-electron chi connectivity index (χ1n) is 8.61. The van der Waals surface area contributed by atoms with E-state index >= 15 is 0 Å². The van der Waals surface area contributed by atoms with Gasteiger partial charge < -0.3 is 10.2 Å². The molecule has 1 saturated heterocycles. The molecule has 0 aliphatic carbocycles. The fraction of sp³-hybridized carbons (Fsp3) is 0.300. The lowest BCUT2D eigenvalue weighted by Gasteiger charge is -2.32. The molecule has 6 heteroatoms. The molecule has 2 aromatic carbocycles. The number of hydrogen-bond acceptors (Lipinski definition) is 2. The number of nitrogens with one attached hydrogen (secondary N) is 1. The van der Waals surface area contributed by atoms with E-state index < -0.39 is 11.7 Å². The molecule has 0 saturated carbocycles. The van der Waals surface area contributed by atoms with Crippen molar-refractivity contribution in [3.05, 3.63) is 71.3 Å². The van der Waals surface area contributed by atoms with Crippen LogP contribution in [0.4, 0.5) is 8.78 Å². The van der Waals surface area contributed by atoms with Gasteiger partial charge in [-0.25, -0.2) is 8.78 Å². The van der Waals surface area contributed by atoms with E-state index in [2.05, 4.69) is 5.32 Å². The van der Waals surface area contributed by atoms with Crippen LogP contribution in [0.1, 0.15) is 28.8 Å². The lowest BCUT2D eigenvalue weighted by molar-refractivity contribution is -0.126. The van der Waals surface area contributed by atoms with E-state index in [4.69, 9.17) is 0 Å². The summed E-state index contributed by atoms with van der Waals surface area (Å²) in [4.78, 5) is 26.4. The average Bonchev–Trinajstić information content (AvgIpc) is 2.67. The molecule has 1 aliphatic rings. The molecule has 0 unspecified atom stereocenters. The van der Waals surface area contributed by atoms with Gasteiger partial charge in [-0.3, -0.25) is 9.59 Å². The van der Waals surface area contributed by atoms with Crippen LogP contribution in [0.5, 0.6) is 0 Å². The molecular weight excluding hydrogens is 338 g/mol. The van der Waals surface area contributed by atoms with Gasteiger partial charge in [0.05, 0.1) is 11.5 Å². The van der Waals surface area contributed by atoms with Crippen molar-refractivity contribution < 1.29 is 18.4 Å². The number of piperidine rings is 1. The first-order valence-corrected chi connectivity index (χ1v) is 8.61. The second-order valence-electron chi connectivity index (χ2n) is 6.38. The van der Waals surface area contributed by atoms with E-state index in [0.717, 1.165) is 0 Å². The summed E-state index contributed by atoms with van der Waals surface area (Å²) in [7, 11) is 0. The minimum Gasteiger partial charge on any atom is -0.352 e. The van der Waals surface area contributed by atoms with E-state index in [1.807, 2.05) is 0 Å². The van der Waals surface area contributed by atoms with Gasteiger partial charge in [0.25, 0.3) is 5.91 Å². The second kappa shape index (κ2) is 8.08. The highest BCUT2D eigenvalue weighted by Crippen LogP contribution is 2.20. The Bertz CT molecular complexity index is 810. The van der Waals surface area contributed by atoms with Crippen molar-refractivity contribution >= 4 is 11.8 Å². The molecule has 2 aromatic rings. The second-order valence-corrected chi connectivity index (χ2v) is 6.38. The molecule has 1 atom stereocenters. The van der Waals surface area contributed by atoms with Crippen LogP contribution < -0.4 is 5.32 Å². The van der Waals surface area contributed by atoms with Gasteiger partial charge in [0, 0.05) is 25.2 Å². The zero-order valence-electron chi connectivity index (χ0n) is 14.3. The van der Waals surface area contributed by atoms with Crippen molar-refractivity contribution in [2.75, 3.05) is 13.1 Å². The molecule has 1 fully saturated rings. The standard InChI is InChI=1S/C20H20F2N2O2/c21-17-9-3-1-6-14(17)12-23-19(25)15-7-5-11-24(13-15)20(26)16-8-2-4-10-18(16)22/h1-4,6,8-10,15H,5,7,11-13H2,(H,23,25)/t15-/m0/s1. The summed E-state index contributed by atoms with van der Waals surface area (Å²) in [5.74, 6) is -1.95. The van der Waals surface area contributed by atoms with Crippen LogP contribution in [0.25, 0.3) is 0 Å². The molecule has 0 bridgehead atoms. The molecule has 0 aromatic heterocycles. The molecule has 3 rings (SSSR count). The number of halogens is 2. The van der Waals surface area contributed by atoms with Gasteiger partial charge in [-0.05, 0) is 31.0 Å². The predicted molar refractivity (Wildman–Crippen MR) is 93.3 cm³/mol. The SMILES string of the molecule is O=C(NCc1ccccc1F)[C@H]1CCCN(C(=O)c2ccccc2F)C1. The number of nitrogens with zero attached hydrogens (tertiary/aromatic N) is 1. The summed E-state index contributed by atoms with van der Waals surface area (Å²) in [6.07, 6.45) is 1.31. The van der Waals surface area contributed by atoms with Crippen LogP contribution >= 0.6 is 0 Å². The molecule has 0 spiro atoms. The number of carbonyl (C=O) groups is 2. The van der Waals surface area contributed by atoms with Crippen LogP contribution in [0.15, 0.2) is 48.5 Å². The smallest absolute Gasteiger partial charge is 0.256 e. The predicted octanol–water partition coefficient (Wildman–Crippen LogP) is 3.13. The van der Waals surface area contributed by atoms with E-state index in [1.54, 1.807) is 24.3 Å². The van der Waals surface area contributed by atoms with Gasteiger partial charge in [-0.1, -0.05) is 30.3 Å². The van der Waals surface area contributed by atoms with Crippen molar-refractivity contribution in [2.24, 2.45) is 5.92 Å². The van der Waals surface area contributed by atoms with Crippen molar-refractivity contribution in [1.82, 2.24) is 10.2 Å². The fourth-order valence-electron chi connectivity index (χ4n) is 3.15. The number of benzene rings is 2. The molecule has 0 radical (unpaired) electrons. The summed E-state index contributed by atoms with van der Waals surface area (Å²) >= 11 is 0. The van der Waals surface area contributed by atoms with Gasteiger partial charge in [0.15, 0.2) is 0 Å². The molecule has 136 valence electrons. The lowest BCUT2D eigenvalue weighted by atomic mass is 9.96. The highest BCUT2D eigenvalue weighted by molar-refractivity contribution is 5.95. The maximum Gasteiger partial charge on any atom is 0.256 e. The number of likely N-dealkylation sites (tertiary alicyclic amines) is 1. The van der Waals surface area contributed by atoms with Crippen LogP contribution in [-0.4, -0.2) is 29.8 Å². The van der Waals surface area contributed by atoms with Crippen LogP contribution in [0, 0.1) is 17.6 Å². The van der Waals surface area contributed by atoms with E-state index in [1.165, 1.54) is 29.2 Å². The molecule has 26 heavy (non-hydrogen) atoms. The Hall–Kier alpha value is -2.76. The molecule has 1 heterocycles. The first kappa shape index (κ1) is 18.0. The minimum absolute atomic E-state index is 0.0138. The van der Waals surface area contributed by atoms with E-state index in [0.29, 0.717) is 24.9 Å². The van der Waals surface area contributed by atoms with Crippen molar-refractivity contribution in [3.63, 3.8) is 0 Å². The maximum absolute atomic E-state index is 13.8. The summed E-state index contributed by atoms with van der Waals surface area (Å²) < 4.78 is 27.5. The Kier molecular flexibility index (Phi) is 5.61. The third kappa shape index (κ3) is 4.07. The number of hydrogen-bond donors (Lipinski definition) is 1. The minimum atomic E-state index is -0.566. The topological polar surface area (TPSA) is 49.4 Å². The summed E-state index contributed by atoms with van der Waals surface area (Å²) in [6, 6.07) is 12.1. The lowest BCUT2D eigenvalue weighted by Crippen LogP contribution is -2.45. The number of rotatable bonds is 4. The van der Waals surface area contributed by atoms with Crippen molar-refractivity contribution in [1.29, 1.82) is 0 Å². The Morgan fingerprint density at radius 1 is 1.04 bits per heavy atom. The first-order chi connectivity index (χ1) is 12.6. The average molecular weight is 358 g/mol. The highest BCUT2D eigenvalue weighted by atomic mass is 19.1. The molecular formula is C20H20F2N2O2. The fourth-order valence-corrected chi connectivity index (χ4v) is 3.15. The van der Waals surface area contributed by atoms with Gasteiger partial charge >= 0.3 is 0 Å². The zero-order chi connectivity index (χ0) is 18.5. The highest BCUT2D eigenvalue weighted by Gasteiger charge is 2.29. The van der Waals surface area contributed by atoms with Crippen LogP contribution in [-0.2, 0) is 11.3 Å². The number of carbonyl (C=O) groups excluding carboxylic acids is 2. The van der Waals surface area contributed by atoms with Crippen molar-refractivity contribution in [3.8, 4) is 0 Å². The summed E-state index contributed by atoms with van der Waals surface area (Å²) in [5.41, 5.74) is 0.427. The van der Waals surface area contributed by atoms with Crippen molar-refractivity contribution in [2.45, 2.75) is 19.4 Å². The number of amides is 2. The van der Waals surface area contributed by atoms with Gasteiger partial charge in [0.2, 0.25) is 5.91 Å². The third-order valence-corrected chi connectivity index (χ3v) is 4.59. The monoisotopic (exact) mass is 358 g/mol. The Morgan fingerprint density at radius 3 is 2.46 bits per heavy atom. The quantitative estimate of drug-likeness (QED) is 0.913. The molecule has 2 amide bonds. The Morgan fingerprint density at radius 2 is 1.73 bits per heavy atom. The summed E-state index contributed by atoms with van der Waals surface area (Å²) in [5, 5.41) is 2.73. The maximum atomic E-state index is 13.8. The van der Waals surface area contributed by atoms with Crippen LogP contribution in [0.3, 0.4) is 0 Å². The Balaban J connectivity index is 1.61. The van der Waals surface area contributed by atoms with Gasteiger partial charge in [0.1, 0.15) is 11.6 Å². The molecule has 1 aliphatic heterocycles.